The van der Waals surface area contributed by atoms with Crippen LogP contribution in [-0.2, 0) is 18.6 Å². The van der Waals surface area contributed by atoms with Crippen LogP contribution in [0.15, 0.2) is 0 Å². The van der Waals surface area contributed by atoms with E-state index in [0.717, 1.165) is 0 Å². The minimum Gasteiger partial charge on any atom is -0.466 e. The van der Waals surface area contributed by atoms with E-state index in [2.05, 4.69) is 0 Å². The maximum absolute atomic E-state index is 11.0. The van der Waals surface area contributed by atoms with E-state index in [0.29, 0.717) is 13.0 Å². The lowest BCUT2D eigenvalue weighted by atomic mass is 10.3. The molecule has 1 rings (SSSR count). The fourth-order valence-corrected chi connectivity index (χ4v) is 2.59. The monoisotopic (exact) mass is 226 g/mol. The van der Waals surface area contributed by atoms with Gasteiger partial charge in [-0.2, -0.15) is 0 Å². The van der Waals surface area contributed by atoms with Crippen molar-refractivity contribution in [1.82, 2.24) is 0 Å². The molecular weight excluding hydrogens is 216 g/mol. The first-order chi connectivity index (χ1) is 5.94. The van der Waals surface area contributed by atoms with Crippen LogP contribution in [0.25, 0.3) is 0 Å². The van der Waals surface area contributed by atoms with Gasteiger partial charge < -0.3 is 4.74 Å². The molecule has 0 spiro atoms. The molecule has 0 aromatic rings. The minimum atomic E-state index is -3.48. The summed E-state index contributed by atoms with van der Waals surface area (Å²) >= 11 is 0. The van der Waals surface area contributed by atoms with Gasteiger partial charge >= 0.3 is 5.97 Å². The largest absolute Gasteiger partial charge is 0.466 e. The number of halogens is 1. The third-order valence-electron chi connectivity index (χ3n) is 1.93. The molecule has 13 heavy (non-hydrogen) atoms. The average molecular weight is 227 g/mol. The lowest BCUT2D eigenvalue weighted by Gasteiger charge is -1.98. The summed E-state index contributed by atoms with van der Waals surface area (Å²) < 4.78 is 26.0. The first kappa shape index (κ1) is 10.8. The van der Waals surface area contributed by atoms with Crippen LogP contribution in [0.2, 0.25) is 0 Å². The van der Waals surface area contributed by atoms with Crippen LogP contribution in [0.4, 0.5) is 0 Å². The fraction of sp³-hybridized carbons (Fsp3) is 0.857. The first-order valence-electron chi connectivity index (χ1n) is 4.03. The highest BCUT2D eigenvalue weighted by Crippen LogP contribution is 2.40. The van der Waals surface area contributed by atoms with Gasteiger partial charge in [-0.1, -0.05) is 0 Å². The van der Waals surface area contributed by atoms with Crippen LogP contribution in [0.3, 0.4) is 0 Å². The highest BCUT2D eigenvalue weighted by atomic mass is 35.7. The molecule has 0 aromatic carbocycles. The second kappa shape index (κ2) is 3.84. The van der Waals surface area contributed by atoms with Gasteiger partial charge in [0.05, 0.1) is 18.3 Å². The molecule has 0 radical (unpaired) electrons. The molecule has 1 aliphatic carbocycles. The van der Waals surface area contributed by atoms with Crippen LogP contribution >= 0.6 is 10.7 Å². The van der Waals surface area contributed by atoms with Crippen molar-refractivity contribution in [3.8, 4) is 0 Å². The van der Waals surface area contributed by atoms with Gasteiger partial charge in [0.15, 0.2) is 0 Å². The standard InChI is InChI=1S/C7H11ClO4S/c1-2-12-7(9)6-3-5(6)4-13(8,10)11/h5-6H,2-4H2,1H3. The molecule has 0 saturated heterocycles. The van der Waals surface area contributed by atoms with Crippen LogP contribution in [0, 0.1) is 11.8 Å². The lowest BCUT2D eigenvalue weighted by Crippen LogP contribution is -2.10. The molecule has 6 heteroatoms. The summed E-state index contributed by atoms with van der Waals surface area (Å²) in [5, 5.41) is 0. The Morgan fingerprint density at radius 2 is 2.23 bits per heavy atom. The summed E-state index contributed by atoms with van der Waals surface area (Å²) in [7, 11) is 1.56. The van der Waals surface area contributed by atoms with E-state index in [9.17, 15) is 13.2 Å². The van der Waals surface area contributed by atoms with Crippen LogP contribution in [0.1, 0.15) is 13.3 Å². The molecule has 2 unspecified atom stereocenters. The van der Waals surface area contributed by atoms with Gasteiger partial charge in [-0.3, -0.25) is 4.79 Å². The number of carbonyl (C=O) groups is 1. The summed E-state index contributed by atoms with van der Waals surface area (Å²) in [5.74, 6) is -0.833. The summed E-state index contributed by atoms with van der Waals surface area (Å²) in [6, 6.07) is 0. The maximum atomic E-state index is 11.0. The van der Waals surface area contributed by atoms with Crippen LogP contribution in [-0.4, -0.2) is 26.7 Å². The Morgan fingerprint density at radius 3 is 2.69 bits per heavy atom. The van der Waals surface area contributed by atoms with E-state index in [1.54, 1.807) is 6.92 Å². The van der Waals surface area contributed by atoms with Crippen molar-refractivity contribution in [3.05, 3.63) is 0 Å². The number of ether oxygens (including phenoxy) is 1. The third kappa shape index (κ3) is 3.52. The molecule has 0 aliphatic heterocycles. The summed E-state index contributed by atoms with van der Waals surface area (Å²) in [6.07, 6.45) is 0.574. The van der Waals surface area contributed by atoms with Gasteiger partial charge in [0.1, 0.15) is 0 Å². The minimum absolute atomic E-state index is 0.127. The van der Waals surface area contributed by atoms with E-state index in [-0.39, 0.29) is 23.6 Å². The zero-order valence-corrected chi connectivity index (χ0v) is 8.77. The Kier molecular flexibility index (Phi) is 3.18. The van der Waals surface area contributed by atoms with Crippen molar-refractivity contribution in [2.75, 3.05) is 12.4 Å². The Labute approximate surface area is 81.6 Å². The van der Waals surface area contributed by atoms with E-state index in [1.165, 1.54) is 0 Å². The Morgan fingerprint density at radius 1 is 1.62 bits per heavy atom. The predicted molar refractivity (Wildman–Crippen MR) is 47.9 cm³/mol. The number of carbonyl (C=O) groups excluding carboxylic acids is 1. The SMILES string of the molecule is CCOC(=O)C1CC1CS(=O)(=O)Cl. The first-order valence-corrected chi connectivity index (χ1v) is 6.51. The number of hydrogen-bond acceptors (Lipinski definition) is 4. The molecule has 1 saturated carbocycles. The molecule has 0 bridgehead atoms. The van der Waals surface area contributed by atoms with E-state index in [4.69, 9.17) is 15.4 Å². The zero-order valence-electron chi connectivity index (χ0n) is 7.20. The van der Waals surface area contributed by atoms with Gasteiger partial charge in [0, 0.05) is 10.7 Å². The number of esters is 1. The summed E-state index contributed by atoms with van der Waals surface area (Å²) in [5.41, 5.74) is 0. The molecule has 0 amide bonds. The van der Waals surface area contributed by atoms with Crippen molar-refractivity contribution in [2.24, 2.45) is 11.8 Å². The summed E-state index contributed by atoms with van der Waals surface area (Å²) in [4.78, 5) is 11.0. The average Bonchev–Trinajstić information content (AvgIpc) is 2.64. The molecule has 76 valence electrons. The molecule has 2 atom stereocenters. The van der Waals surface area contributed by atoms with Crippen molar-refractivity contribution >= 4 is 25.7 Å². The smallest absolute Gasteiger partial charge is 0.309 e. The van der Waals surface area contributed by atoms with Gasteiger partial charge in [0.25, 0.3) is 0 Å². The van der Waals surface area contributed by atoms with E-state index < -0.39 is 9.05 Å². The third-order valence-corrected chi connectivity index (χ3v) is 3.13. The molecule has 1 fully saturated rings. The second-order valence-corrected chi connectivity index (χ2v) is 5.88. The van der Waals surface area contributed by atoms with Crippen molar-refractivity contribution < 1.29 is 17.9 Å². The van der Waals surface area contributed by atoms with Gasteiger partial charge in [-0.05, 0) is 19.3 Å². The normalized spacial score (nSPS) is 26.9. The van der Waals surface area contributed by atoms with Crippen molar-refractivity contribution in [3.63, 3.8) is 0 Å². The van der Waals surface area contributed by atoms with Crippen molar-refractivity contribution in [1.29, 1.82) is 0 Å². The molecule has 0 heterocycles. The zero-order chi connectivity index (χ0) is 10.1. The van der Waals surface area contributed by atoms with Crippen LogP contribution < -0.4 is 0 Å². The van der Waals surface area contributed by atoms with Crippen molar-refractivity contribution in [2.45, 2.75) is 13.3 Å². The molecular formula is C7H11ClO4S. The Bertz CT molecular complexity index is 298. The maximum Gasteiger partial charge on any atom is 0.309 e. The number of hydrogen-bond donors (Lipinski definition) is 0. The molecule has 0 aromatic heterocycles. The number of rotatable bonds is 4. The summed E-state index contributed by atoms with van der Waals surface area (Å²) in [6.45, 7) is 2.04. The Hall–Kier alpha value is -0.290. The van der Waals surface area contributed by atoms with Gasteiger partial charge in [-0.25, -0.2) is 8.42 Å². The van der Waals surface area contributed by atoms with Gasteiger partial charge in [-0.15, -0.1) is 0 Å². The predicted octanol–water partition coefficient (Wildman–Crippen LogP) is 0.754. The fourth-order valence-electron chi connectivity index (χ4n) is 1.23. The molecule has 4 nitrogen and oxygen atoms in total. The van der Waals surface area contributed by atoms with E-state index >= 15 is 0 Å². The topological polar surface area (TPSA) is 60.4 Å². The van der Waals surface area contributed by atoms with E-state index in [1.807, 2.05) is 0 Å². The highest BCUT2D eigenvalue weighted by Gasteiger charge is 2.46. The highest BCUT2D eigenvalue weighted by molar-refractivity contribution is 8.13. The quantitative estimate of drug-likeness (QED) is 0.525. The second-order valence-electron chi connectivity index (χ2n) is 3.06. The Balaban J connectivity index is 2.35. The molecule has 1 aliphatic rings. The van der Waals surface area contributed by atoms with Crippen LogP contribution in [0.5, 0.6) is 0 Å². The lowest BCUT2D eigenvalue weighted by molar-refractivity contribution is -0.144. The van der Waals surface area contributed by atoms with Gasteiger partial charge in [0.2, 0.25) is 9.05 Å². The molecule has 0 N–H and O–H groups in total.